The summed E-state index contributed by atoms with van der Waals surface area (Å²) in [4.78, 5) is 0. The van der Waals surface area contributed by atoms with Gasteiger partial charge in [-0.2, -0.15) is 0 Å². The second kappa shape index (κ2) is 5.65. The molecule has 0 fully saturated rings. The van der Waals surface area contributed by atoms with E-state index in [1.54, 1.807) is 12.1 Å². The van der Waals surface area contributed by atoms with Crippen LogP contribution in [0.5, 0.6) is 0 Å². The molecule has 0 aliphatic heterocycles. The van der Waals surface area contributed by atoms with Gasteiger partial charge in [-0.25, -0.2) is 4.39 Å². The standard InChI is InChI=1S/C13H19ClFN/c1-4-13(2,3)9-16-8-10-5-6-12(15)11(14)7-10/h5-7,16H,4,8-9H2,1-3H3. The molecule has 0 saturated heterocycles. The van der Waals surface area contributed by atoms with E-state index < -0.39 is 0 Å². The quantitative estimate of drug-likeness (QED) is 0.824. The van der Waals surface area contributed by atoms with Crippen molar-refractivity contribution in [3.05, 3.63) is 34.6 Å². The van der Waals surface area contributed by atoms with Gasteiger partial charge in [0.15, 0.2) is 0 Å². The molecule has 16 heavy (non-hydrogen) atoms. The van der Waals surface area contributed by atoms with Crippen LogP contribution in [0.1, 0.15) is 32.8 Å². The van der Waals surface area contributed by atoms with Crippen molar-refractivity contribution in [1.82, 2.24) is 5.32 Å². The molecule has 1 nitrogen and oxygen atoms in total. The molecule has 0 spiro atoms. The molecule has 0 aliphatic rings. The fourth-order valence-corrected chi connectivity index (χ4v) is 1.52. The van der Waals surface area contributed by atoms with Crippen LogP contribution in [0.25, 0.3) is 0 Å². The molecular formula is C13H19ClFN. The third-order valence-corrected chi connectivity index (χ3v) is 3.16. The Balaban J connectivity index is 2.46. The summed E-state index contributed by atoms with van der Waals surface area (Å²) in [5, 5.41) is 3.55. The highest BCUT2D eigenvalue weighted by molar-refractivity contribution is 6.30. The first kappa shape index (κ1) is 13.5. The normalized spacial score (nSPS) is 11.8. The maximum absolute atomic E-state index is 12.9. The van der Waals surface area contributed by atoms with Gasteiger partial charge in [0.2, 0.25) is 0 Å². The van der Waals surface area contributed by atoms with Gasteiger partial charge in [-0.15, -0.1) is 0 Å². The van der Waals surface area contributed by atoms with E-state index in [-0.39, 0.29) is 10.8 Å². The average Bonchev–Trinajstić information content (AvgIpc) is 2.23. The fourth-order valence-electron chi connectivity index (χ4n) is 1.32. The van der Waals surface area contributed by atoms with Crippen LogP contribution in [0.4, 0.5) is 4.39 Å². The van der Waals surface area contributed by atoms with Crippen LogP contribution < -0.4 is 5.32 Å². The number of halogens is 2. The maximum atomic E-state index is 12.9. The van der Waals surface area contributed by atoms with Crippen LogP contribution in [0.3, 0.4) is 0 Å². The van der Waals surface area contributed by atoms with Gasteiger partial charge in [0, 0.05) is 13.1 Å². The van der Waals surface area contributed by atoms with Gasteiger partial charge in [-0.05, 0) is 29.5 Å². The Hall–Kier alpha value is -0.600. The van der Waals surface area contributed by atoms with Crippen molar-refractivity contribution < 1.29 is 4.39 Å². The summed E-state index contributed by atoms with van der Waals surface area (Å²) in [6.45, 7) is 8.29. The zero-order chi connectivity index (χ0) is 12.2. The van der Waals surface area contributed by atoms with Crippen molar-refractivity contribution in [2.24, 2.45) is 5.41 Å². The van der Waals surface area contributed by atoms with Crippen LogP contribution in [-0.4, -0.2) is 6.54 Å². The first-order chi connectivity index (χ1) is 7.44. The number of hydrogen-bond acceptors (Lipinski definition) is 1. The first-order valence-electron chi connectivity index (χ1n) is 5.59. The first-order valence-corrected chi connectivity index (χ1v) is 5.97. The minimum absolute atomic E-state index is 0.189. The predicted octanol–water partition coefficient (Wildman–Crippen LogP) is 4.00. The molecule has 1 aromatic carbocycles. The predicted molar refractivity (Wildman–Crippen MR) is 67.2 cm³/mol. The number of benzene rings is 1. The van der Waals surface area contributed by atoms with Crippen molar-refractivity contribution in [2.75, 3.05) is 6.54 Å². The van der Waals surface area contributed by atoms with Crippen LogP contribution in [0, 0.1) is 11.2 Å². The molecule has 90 valence electrons. The van der Waals surface area contributed by atoms with Gasteiger partial charge in [0.05, 0.1) is 5.02 Å². The molecule has 0 saturated carbocycles. The Kier molecular flexibility index (Phi) is 4.75. The summed E-state index contributed by atoms with van der Waals surface area (Å²) in [5.41, 5.74) is 1.31. The highest BCUT2D eigenvalue weighted by Gasteiger charge is 2.13. The molecule has 3 heteroatoms. The monoisotopic (exact) mass is 243 g/mol. The van der Waals surface area contributed by atoms with Crippen molar-refractivity contribution in [3.8, 4) is 0 Å². The molecule has 0 heterocycles. The van der Waals surface area contributed by atoms with Crippen molar-refractivity contribution in [1.29, 1.82) is 0 Å². The maximum Gasteiger partial charge on any atom is 0.141 e. The van der Waals surface area contributed by atoms with E-state index in [0.717, 1.165) is 25.1 Å². The summed E-state index contributed by atoms with van der Waals surface area (Å²) in [5.74, 6) is -0.362. The molecule has 0 aliphatic carbocycles. The van der Waals surface area contributed by atoms with Crippen LogP contribution in [0.15, 0.2) is 18.2 Å². The molecule has 0 bridgehead atoms. The molecule has 0 atom stereocenters. The van der Waals surface area contributed by atoms with E-state index in [4.69, 9.17) is 11.6 Å². The number of hydrogen-bond donors (Lipinski definition) is 1. The molecule has 0 aromatic heterocycles. The van der Waals surface area contributed by atoms with E-state index in [0.29, 0.717) is 5.41 Å². The zero-order valence-electron chi connectivity index (χ0n) is 10.1. The second-order valence-corrected chi connectivity index (χ2v) is 5.28. The molecule has 0 amide bonds. The largest absolute Gasteiger partial charge is 0.312 e. The second-order valence-electron chi connectivity index (χ2n) is 4.87. The van der Waals surface area contributed by atoms with Crippen LogP contribution in [-0.2, 0) is 6.54 Å². The van der Waals surface area contributed by atoms with Gasteiger partial charge < -0.3 is 5.32 Å². The van der Waals surface area contributed by atoms with Crippen molar-refractivity contribution >= 4 is 11.6 Å². The summed E-state index contributed by atoms with van der Waals surface area (Å²) in [7, 11) is 0. The minimum atomic E-state index is -0.362. The Bertz CT molecular complexity index is 350. The third-order valence-electron chi connectivity index (χ3n) is 2.87. The van der Waals surface area contributed by atoms with Gasteiger partial charge in [0.1, 0.15) is 5.82 Å². The topological polar surface area (TPSA) is 12.0 Å². The molecule has 1 rings (SSSR count). The molecular weight excluding hydrogens is 225 g/mol. The van der Waals surface area contributed by atoms with Gasteiger partial charge in [-0.1, -0.05) is 38.4 Å². The third kappa shape index (κ3) is 4.11. The van der Waals surface area contributed by atoms with Gasteiger partial charge in [0.25, 0.3) is 0 Å². The summed E-state index contributed by atoms with van der Waals surface area (Å²) in [6, 6.07) is 4.83. The highest BCUT2D eigenvalue weighted by Crippen LogP contribution is 2.19. The van der Waals surface area contributed by atoms with Crippen molar-refractivity contribution in [2.45, 2.75) is 33.7 Å². The fraction of sp³-hybridized carbons (Fsp3) is 0.538. The zero-order valence-corrected chi connectivity index (χ0v) is 10.9. The lowest BCUT2D eigenvalue weighted by molar-refractivity contribution is 0.327. The lowest BCUT2D eigenvalue weighted by atomic mass is 9.90. The number of nitrogens with one attached hydrogen (secondary N) is 1. The molecule has 1 aromatic rings. The van der Waals surface area contributed by atoms with Gasteiger partial charge in [-0.3, -0.25) is 0 Å². The Morgan fingerprint density at radius 2 is 2.06 bits per heavy atom. The summed E-state index contributed by atoms with van der Waals surface area (Å²) >= 11 is 5.71. The highest BCUT2D eigenvalue weighted by atomic mass is 35.5. The molecule has 0 radical (unpaired) electrons. The van der Waals surface area contributed by atoms with Crippen LogP contribution in [0.2, 0.25) is 5.02 Å². The SMILES string of the molecule is CCC(C)(C)CNCc1ccc(F)c(Cl)c1. The molecule has 0 unspecified atom stereocenters. The smallest absolute Gasteiger partial charge is 0.141 e. The Labute approximate surface area is 102 Å². The van der Waals surface area contributed by atoms with Gasteiger partial charge >= 0.3 is 0 Å². The van der Waals surface area contributed by atoms with Crippen molar-refractivity contribution in [3.63, 3.8) is 0 Å². The average molecular weight is 244 g/mol. The summed E-state index contributed by atoms with van der Waals surface area (Å²) in [6.07, 6.45) is 1.13. The van der Waals surface area contributed by atoms with E-state index in [9.17, 15) is 4.39 Å². The Morgan fingerprint density at radius 3 is 2.62 bits per heavy atom. The van der Waals surface area contributed by atoms with E-state index in [2.05, 4.69) is 26.1 Å². The Morgan fingerprint density at radius 1 is 1.38 bits per heavy atom. The van der Waals surface area contributed by atoms with E-state index in [1.165, 1.54) is 6.07 Å². The van der Waals surface area contributed by atoms with E-state index >= 15 is 0 Å². The molecule has 1 N–H and O–H groups in total. The minimum Gasteiger partial charge on any atom is -0.312 e. The summed E-state index contributed by atoms with van der Waals surface area (Å²) < 4.78 is 12.9. The lowest BCUT2D eigenvalue weighted by Gasteiger charge is -2.23. The van der Waals surface area contributed by atoms with E-state index in [1.807, 2.05) is 0 Å². The van der Waals surface area contributed by atoms with Crippen LogP contribution >= 0.6 is 11.6 Å². The lowest BCUT2D eigenvalue weighted by Crippen LogP contribution is -2.28. The number of rotatable bonds is 5.